The van der Waals surface area contributed by atoms with Crippen LogP contribution < -0.4 is 5.32 Å². The lowest BCUT2D eigenvalue weighted by atomic mass is 10.0. The third kappa shape index (κ3) is 2.67. The van der Waals surface area contributed by atoms with Gasteiger partial charge in [0.1, 0.15) is 11.6 Å². The van der Waals surface area contributed by atoms with Crippen LogP contribution in [0.25, 0.3) is 11.0 Å². The molecule has 0 fully saturated rings. The molecule has 3 nitrogen and oxygen atoms in total. The Kier molecular flexibility index (Phi) is 3.71. The third-order valence-corrected chi connectivity index (χ3v) is 3.87. The number of halogens is 1. The van der Waals surface area contributed by atoms with Crippen molar-refractivity contribution in [1.82, 2.24) is 14.9 Å². The summed E-state index contributed by atoms with van der Waals surface area (Å²) in [5.74, 6) is 0.776. The van der Waals surface area contributed by atoms with Crippen molar-refractivity contribution in [2.45, 2.75) is 12.5 Å². The fraction of sp³-hybridized carbons (Fsp3) is 0.235. The molecule has 0 saturated carbocycles. The molecule has 4 heteroatoms. The molecule has 0 aliphatic carbocycles. The van der Waals surface area contributed by atoms with Crippen molar-refractivity contribution < 1.29 is 4.39 Å². The lowest BCUT2D eigenvalue weighted by molar-refractivity contribution is 0.557. The van der Waals surface area contributed by atoms with Gasteiger partial charge in [-0.25, -0.2) is 9.37 Å². The van der Waals surface area contributed by atoms with Crippen LogP contribution in [0.15, 0.2) is 48.5 Å². The van der Waals surface area contributed by atoms with Gasteiger partial charge in [-0.3, -0.25) is 0 Å². The van der Waals surface area contributed by atoms with Crippen LogP contribution in [0.3, 0.4) is 0 Å². The first-order valence-electron chi connectivity index (χ1n) is 7.02. The summed E-state index contributed by atoms with van der Waals surface area (Å²) in [5, 5.41) is 3.25. The number of rotatable bonds is 4. The van der Waals surface area contributed by atoms with Crippen LogP contribution in [0, 0.1) is 5.82 Å². The zero-order valence-corrected chi connectivity index (χ0v) is 12.2. The van der Waals surface area contributed by atoms with Crippen LogP contribution in [0.5, 0.6) is 0 Å². The Morgan fingerprint density at radius 1 is 1.19 bits per heavy atom. The van der Waals surface area contributed by atoms with Crippen molar-refractivity contribution in [3.8, 4) is 0 Å². The highest BCUT2D eigenvalue weighted by Gasteiger charge is 2.15. The number of nitrogens with zero attached hydrogens (tertiary/aromatic N) is 2. The predicted octanol–water partition coefficient (Wildman–Crippen LogP) is 3.22. The Morgan fingerprint density at radius 2 is 2.00 bits per heavy atom. The van der Waals surface area contributed by atoms with Crippen molar-refractivity contribution >= 4 is 11.0 Å². The Morgan fingerprint density at radius 3 is 2.71 bits per heavy atom. The quantitative estimate of drug-likeness (QED) is 0.797. The average molecular weight is 283 g/mol. The van der Waals surface area contributed by atoms with Crippen molar-refractivity contribution in [3.05, 3.63) is 65.7 Å². The first-order valence-corrected chi connectivity index (χ1v) is 7.02. The Balaban J connectivity index is 1.94. The molecule has 0 saturated heterocycles. The first-order chi connectivity index (χ1) is 10.2. The van der Waals surface area contributed by atoms with E-state index in [0.717, 1.165) is 22.4 Å². The van der Waals surface area contributed by atoms with Crippen LogP contribution in [-0.4, -0.2) is 16.6 Å². The topological polar surface area (TPSA) is 29.9 Å². The smallest absolute Gasteiger partial charge is 0.123 e. The van der Waals surface area contributed by atoms with E-state index in [9.17, 15) is 4.39 Å². The standard InChI is InChI=1S/C17H18FN3/c1-19-15(12-6-5-7-13(18)10-12)11-17-20-14-8-3-4-9-16(14)21(17)2/h3-10,15,19H,11H2,1-2H3. The SMILES string of the molecule is CNC(Cc1nc2ccccc2n1C)c1cccc(F)c1. The largest absolute Gasteiger partial charge is 0.331 e. The minimum atomic E-state index is -0.210. The molecule has 21 heavy (non-hydrogen) atoms. The summed E-state index contributed by atoms with van der Waals surface area (Å²) >= 11 is 0. The van der Waals surface area contributed by atoms with Crippen LogP contribution >= 0.6 is 0 Å². The van der Waals surface area contributed by atoms with E-state index in [1.54, 1.807) is 12.1 Å². The Bertz CT molecular complexity index is 764. The normalized spacial score (nSPS) is 12.7. The van der Waals surface area contributed by atoms with E-state index in [2.05, 4.69) is 20.9 Å². The number of imidazole rings is 1. The number of aromatic nitrogens is 2. The molecular weight excluding hydrogens is 265 g/mol. The van der Waals surface area contributed by atoms with Crippen LogP contribution in [0.4, 0.5) is 4.39 Å². The molecule has 1 N–H and O–H groups in total. The van der Waals surface area contributed by atoms with Crippen molar-refractivity contribution in [1.29, 1.82) is 0 Å². The van der Waals surface area contributed by atoms with E-state index in [1.165, 1.54) is 6.07 Å². The van der Waals surface area contributed by atoms with Gasteiger partial charge >= 0.3 is 0 Å². The summed E-state index contributed by atoms with van der Waals surface area (Å²) in [5.41, 5.74) is 3.04. The number of benzene rings is 2. The van der Waals surface area contributed by atoms with Gasteiger partial charge in [-0.05, 0) is 36.9 Å². The molecule has 0 bridgehead atoms. The number of hydrogen-bond acceptors (Lipinski definition) is 2. The molecule has 0 radical (unpaired) electrons. The molecule has 0 amide bonds. The molecular formula is C17H18FN3. The fourth-order valence-corrected chi connectivity index (χ4v) is 2.67. The fourth-order valence-electron chi connectivity index (χ4n) is 2.67. The molecule has 0 spiro atoms. The van der Waals surface area contributed by atoms with Crippen LogP contribution in [0.1, 0.15) is 17.4 Å². The van der Waals surface area contributed by atoms with Crippen LogP contribution in [-0.2, 0) is 13.5 Å². The van der Waals surface area contributed by atoms with E-state index < -0.39 is 0 Å². The monoisotopic (exact) mass is 283 g/mol. The number of fused-ring (bicyclic) bond motifs is 1. The second-order valence-corrected chi connectivity index (χ2v) is 5.18. The number of para-hydroxylation sites is 2. The van der Waals surface area contributed by atoms with Gasteiger partial charge in [0.2, 0.25) is 0 Å². The Labute approximate surface area is 123 Å². The van der Waals surface area contributed by atoms with Gasteiger partial charge in [0, 0.05) is 19.5 Å². The number of hydrogen-bond donors (Lipinski definition) is 1. The molecule has 3 rings (SSSR count). The second kappa shape index (κ2) is 5.66. The van der Waals surface area contributed by atoms with E-state index in [1.807, 2.05) is 38.4 Å². The zero-order valence-electron chi connectivity index (χ0n) is 12.2. The molecule has 2 aromatic carbocycles. The minimum Gasteiger partial charge on any atom is -0.331 e. The second-order valence-electron chi connectivity index (χ2n) is 5.18. The van der Waals surface area contributed by atoms with Gasteiger partial charge in [0.05, 0.1) is 11.0 Å². The third-order valence-electron chi connectivity index (χ3n) is 3.87. The zero-order chi connectivity index (χ0) is 14.8. The molecule has 3 aromatic rings. The van der Waals surface area contributed by atoms with Gasteiger partial charge in [0.15, 0.2) is 0 Å². The maximum atomic E-state index is 13.4. The summed E-state index contributed by atoms with van der Waals surface area (Å²) < 4.78 is 15.5. The lowest BCUT2D eigenvalue weighted by Gasteiger charge is -2.16. The summed E-state index contributed by atoms with van der Waals surface area (Å²) in [4.78, 5) is 4.68. The molecule has 0 aliphatic rings. The van der Waals surface area contributed by atoms with E-state index in [4.69, 9.17) is 0 Å². The van der Waals surface area contributed by atoms with Gasteiger partial charge in [-0.15, -0.1) is 0 Å². The molecule has 1 heterocycles. The number of nitrogens with one attached hydrogen (secondary N) is 1. The van der Waals surface area contributed by atoms with E-state index in [-0.39, 0.29) is 11.9 Å². The predicted molar refractivity (Wildman–Crippen MR) is 82.6 cm³/mol. The van der Waals surface area contributed by atoms with Crippen molar-refractivity contribution in [2.24, 2.45) is 7.05 Å². The van der Waals surface area contributed by atoms with Gasteiger partial charge in [0.25, 0.3) is 0 Å². The summed E-state index contributed by atoms with van der Waals surface area (Å²) in [6, 6.07) is 14.8. The van der Waals surface area contributed by atoms with Crippen molar-refractivity contribution in [3.63, 3.8) is 0 Å². The number of likely N-dealkylation sites (N-methyl/N-ethyl adjacent to an activating group) is 1. The molecule has 1 aromatic heterocycles. The first kappa shape index (κ1) is 13.8. The van der Waals surface area contributed by atoms with Crippen molar-refractivity contribution in [2.75, 3.05) is 7.05 Å². The molecule has 1 unspecified atom stereocenters. The minimum absolute atomic E-state index is 0.0382. The maximum absolute atomic E-state index is 13.4. The van der Waals surface area contributed by atoms with Crippen LogP contribution in [0.2, 0.25) is 0 Å². The average Bonchev–Trinajstić information content (AvgIpc) is 2.81. The molecule has 0 aliphatic heterocycles. The maximum Gasteiger partial charge on any atom is 0.123 e. The van der Waals surface area contributed by atoms with E-state index in [0.29, 0.717) is 6.42 Å². The number of aryl methyl sites for hydroxylation is 1. The lowest BCUT2D eigenvalue weighted by Crippen LogP contribution is -2.20. The highest BCUT2D eigenvalue weighted by molar-refractivity contribution is 5.75. The Hall–Kier alpha value is -2.20. The van der Waals surface area contributed by atoms with Gasteiger partial charge in [-0.1, -0.05) is 24.3 Å². The molecule has 1 atom stereocenters. The highest BCUT2D eigenvalue weighted by atomic mass is 19.1. The van der Waals surface area contributed by atoms with Gasteiger partial charge < -0.3 is 9.88 Å². The summed E-state index contributed by atoms with van der Waals surface area (Å²) in [7, 11) is 3.90. The summed E-state index contributed by atoms with van der Waals surface area (Å²) in [6.07, 6.45) is 0.713. The van der Waals surface area contributed by atoms with E-state index >= 15 is 0 Å². The molecule has 108 valence electrons. The van der Waals surface area contributed by atoms with Gasteiger partial charge in [-0.2, -0.15) is 0 Å². The highest BCUT2D eigenvalue weighted by Crippen LogP contribution is 2.21. The summed E-state index contributed by atoms with van der Waals surface area (Å²) in [6.45, 7) is 0.